The standard InChI is InChI=1S/C66H130N6O6S2/c1-5-9-13-17-21-23-25-27-31-35-43-62(75)57-72(58-63(76)44-36-32-28-26-24-22-18-14-10-6-2)50-39-40-53-79-80-54-46-64(66(78)68-48-52-70-51-47-67-59-70)69-65(77)45-37-38-49-71(55-60(73)41-33-29-19-15-11-7-3)56-61(74)42-34-30-20-16-12-8-4/h47,51,59-64,73-76H,5-46,48-50,52-58H2,1-4H3,(H,68,78)(H,69,77). The molecule has 0 saturated heterocycles. The minimum Gasteiger partial charge on any atom is -0.392 e. The third-order valence-electron chi connectivity index (χ3n) is 16.0. The number of nitrogens with zero attached hydrogens (tertiary/aromatic N) is 4. The first-order chi connectivity index (χ1) is 39.1. The zero-order valence-corrected chi connectivity index (χ0v) is 54.2. The molecule has 80 heavy (non-hydrogen) atoms. The van der Waals surface area contributed by atoms with Crippen molar-refractivity contribution in [2.45, 2.75) is 334 Å². The van der Waals surface area contributed by atoms with E-state index in [1.807, 2.05) is 21.6 Å². The van der Waals surface area contributed by atoms with Crippen molar-refractivity contribution in [3.63, 3.8) is 0 Å². The summed E-state index contributed by atoms with van der Waals surface area (Å²) in [6.45, 7) is 13.9. The molecule has 5 atom stereocenters. The molecular formula is C66H130N6O6S2. The van der Waals surface area contributed by atoms with Crippen molar-refractivity contribution in [2.24, 2.45) is 0 Å². The monoisotopic (exact) mass is 1170 g/mol. The van der Waals surface area contributed by atoms with Crippen LogP contribution in [-0.2, 0) is 16.1 Å². The van der Waals surface area contributed by atoms with E-state index in [9.17, 15) is 30.0 Å². The quantitative estimate of drug-likeness (QED) is 0.0272. The molecule has 0 saturated carbocycles. The van der Waals surface area contributed by atoms with E-state index in [2.05, 4.69) is 53.1 Å². The molecule has 472 valence electrons. The Bertz CT molecular complexity index is 1400. The van der Waals surface area contributed by atoms with Crippen LogP contribution >= 0.6 is 21.6 Å². The van der Waals surface area contributed by atoms with Crippen LogP contribution in [0.1, 0.15) is 297 Å². The molecule has 6 N–H and O–H groups in total. The van der Waals surface area contributed by atoms with E-state index in [1.165, 1.54) is 167 Å². The summed E-state index contributed by atoms with van der Waals surface area (Å²) in [5, 5.41) is 50.5. The summed E-state index contributed by atoms with van der Waals surface area (Å²) in [6.07, 6.45) is 51.3. The van der Waals surface area contributed by atoms with E-state index in [0.717, 1.165) is 102 Å². The number of rotatable bonds is 63. The molecule has 1 aromatic heterocycles. The fourth-order valence-electron chi connectivity index (χ4n) is 10.9. The van der Waals surface area contributed by atoms with Gasteiger partial charge in [-0.1, -0.05) is 255 Å². The lowest BCUT2D eigenvalue weighted by Crippen LogP contribution is -2.47. The number of carbonyl (C=O) groups excluding carboxylic acids is 2. The molecule has 0 fully saturated rings. The van der Waals surface area contributed by atoms with Crippen LogP contribution in [0, 0.1) is 0 Å². The molecule has 5 unspecified atom stereocenters. The zero-order chi connectivity index (χ0) is 58.2. The van der Waals surface area contributed by atoms with E-state index in [-0.39, 0.29) is 24.0 Å². The fraction of sp³-hybridized carbons (Fsp3) is 0.924. The zero-order valence-electron chi connectivity index (χ0n) is 52.6. The molecule has 0 aliphatic carbocycles. The van der Waals surface area contributed by atoms with Crippen LogP contribution in [-0.4, -0.2) is 139 Å². The summed E-state index contributed by atoms with van der Waals surface area (Å²) in [7, 11) is 3.57. The van der Waals surface area contributed by atoms with Gasteiger partial charge in [0.1, 0.15) is 6.04 Å². The molecule has 0 radical (unpaired) electrons. The second-order valence-corrected chi connectivity index (χ2v) is 26.7. The molecule has 1 aromatic rings. The van der Waals surface area contributed by atoms with Crippen molar-refractivity contribution in [3.8, 4) is 0 Å². The maximum atomic E-state index is 13.6. The Morgan fingerprint density at radius 3 is 1.20 bits per heavy atom. The Kier molecular flexibility index (Phi) is 55.6. The van der Waals surface area contributed by atoms with Gasteiger partial charge in [0.15, 0.2) is 0 Å². The molecule has 2 amide bonds. The maximum absolute atomic E-state index is 13.6. The highest BCUT2D eigenvalue weighted by molar-refractivity contribution is 8.76. The SMILES string of the molecule is CCCCCCCCCCCCC(O)CN(CCCCSSCCC(NC(=O)CCCCN(CC(O)CCCCCCCC)CC(O)CCCCCCCC)C(=O)NCCn1ccnc1)CC(O)CCCCCCCCCCCC. The van der Waals surface area contributed by atoms with E-state index >= 15 is 0 Å². The largest absolute Gasteiger partial charge is 0.392 e. The highest BCUT2D eigenvalue weighted by Gasteiger charge is 2.22. The molecule has 0 aromatic carbocycles. The van der Waals surface area contributed by atoms with Crippen molar-refractivity contribution in [3.05, 3.63) is 18.7 Å². The molecular weight excluding hydrogens is 1040 g/mol. The average Bonchev–Trinajstić information content (AvgIpc) is 3.96. The van der Waals surface area contributed by atoms with Gasteiger partial charge in [0.2, 0.25) is 11.8 Å². The van der Waals surface area contributed by atoms with Crippen LogP contribution in [0.4, 0.5) is 0 Å². The Morgan fingerprint density at radius 1 is 0.463 bits per heavy atom. The summed E-state index contributed by atoms with van der Waals surface area (Å²) < 4.78 is 1.92. The van der Waals surface area contributed by atoms with Crippen molar-refractivity contribution >= 4 is 33.4 Å². The van der Waals surface area contributed by atoms with Gasteiger partial charge < -0.3 is 35.6 Å². The molecule has 1 rings (SSSR count). The first-order valence-corrected chi connectivity index (χ1v) is 36.5. The van der Waals surface area contributed by atoms with E-state index in [1.54, 1.807) is 23.3 Å². The number of unbranched alkanes of at least 4 members (excludes halogenated alkanes) is 30. The molecule has 0 aliphatic heterocycles. The predicted molar refractivity (Wildman–Crippen MR) is 346 cm³/mol. The smallest absolute Gasteiger partial charge is 0.242 e. The Balaban J connectivity index is 2.70. The summed E-state index contributed by atoms with van der Waals surface area (Å²) in [5.41, 5.74) is 0. The summed E-state index contributed by atoms with van der Waals surface area (Å²) in [4.78, 5) is 35.7. The highest BCUT2D eigenvalue weighted by atomic mass is 33.1. The number of aliphatic hydroxyl groups excluding tert-OH is 4. The van der Waals surface area contributed by atoms with Gasteiger partial charge in [0, 0.05) is 69.6 Å². The van der Waals surface area contributed by atoms with E-state index in [4.69, 9.17) is 0 Å². The van der Waals surface area contributed by atoms with Gasteiger partial charge in [-0.25, -0.2) is 4.98 Å². The molecule has 0 spiro atoms. The van der Waals surface area contributed by atoms with Gasteiger partial charge in [-0.3, -0.25) is 19.4 Å². The molecule has 0 bridgehead atoms. The first-order valence-electron chi connectivity index (χ1n) is 34.1. The Morgan fingerprint density at radius 2 is 0.825 bits per heavy atom. The number of carbonyl (C=O) groups is 2. The van der Waals surface area contributed by atoms with Crippen molar-refractivity contribution < 1.29 is 30.0 Å². The highest BCUT2D eigenvalue weighted by Crippen LogP contribution is 2.25. The second-order valence-electron chi connectivity index (χ2n) is 24.0. The van der Waals surface area contributed by atoms with Gasteiger partial charge >= 0.3 is 0 Å². The second kappa shape index (κ2) is 58.0. The van der Waals surface area contributed by atoms with Crippen LogP contribution in [0.15, 0.2) is 18.7 Å². The van der Waals surface area contributed by atoms with Crippen LogP contribution in [0.2, 0.25) is 0 Å². The van der Waals surface area contributed by atoms with Crippen molar-refractivity contribution in [2.75, 3.05) is 57.3 Å². The van der Waals surface area contributed by atoms with Crippen molar-refractivity contribution in [1.82, 2.24) is 30.0 Å². The number of amides is 2. The number of imidazole rings is 1. The van der Waals surface area contributed by atoms with Crippen molar-refractivity contribution in [1.29, 1.82) is 0 Å². The summed E-state index contributed by atoms with van der Waals surface area (Å²) >= 11 is 0. The van der Waals surface area contributed by atoms with Gasteiger partial charge in [-0.05, 0) is 70.9 Å². The van der Waals surface area contributed by atoms with Gasteiger partial charge in [-0.15, -0.1) is 0 Å². The average molecular weight is 1170 g/mol. The lowest BCUT2D eigenvalue weighted by atomic mass is 10.0. The van der Waals surface area contributed by atoms with Gasteiger partial charge in [-0.2, -0.15) is 0 Å². The third-order valence-corrected chi connectivity index (χ3v) is 18.5. The minimum atomic E-state index is -0.629. The summed E-state index contributed by atoms with van der Waals surface area (Å²) in [6, 6.07) is -0.629. The van der Waals surface area contributed by atoms with Crippen LogP contribution in [0.3, 0.4) is 0 Å². The number of hydrogen-bond donors (Lipinski definition) is 6. The van der Waals surface area contributed by atoms with Gasteiger partial charge in [0.05, 0.1) is 30.7 Å². The third kappa shape index (κ3) is 50.0. The minimum absolute atomic E-state index is 0.123. The molecule has 12 nitrogen and oxygen atoms in total. The maximum Gasteiger partial charge on any atom is 0.242 e. The number of hydrogen-bond acceptors (Lipinski definition) is 11. The molecule has 0 aliphatic rings. The number of nitrogens with one attached hydrogen (secondary N) is 2. The number of aliphatic hydroxyl groups is 4. The first kappa shape index (κ1) is 76.6. The van der Waals surface area contributed by atoms with Crippen LogP contribution in [0.5, 0.6) is 0 Å². The molecule has 14 heteroatoms. The Hall–Kier alpha value is -1.39. The normalized spacial score (nSPS) is 13.8. The lowest BCUT2D eigenvalue weighted by Gasteiger charge is -2.27. The Labute approximate surface area is 501 Å². The fourth-order valence-corrected chi connectivity index (χ4v) is 13.2. The lowest BCUT2D eigenvalue weighted by molar-refractivity contribution is -0.129. The summed E-state index contributed by atoms with van der Waals surface area (Å²) in [5.74, 6) is 1.41. The molecule has 1 heterocycles. The predicted octanol–water partition coefficient (Wildman–Crippen LogP) is 15.4. The van der Waals surface area contributed by atoms with E-state index in [0.29, 0.717) is 65.1 Å². The van der Waals surface area contributed by atoms with Crippen LogP contribution in [0.25, 0.3) is 0 Å². The van der Waals surface area contributed by atoms with E-state index < -0.39 is 18.2 Å². The topological polar surface area (TPSA) is 163 Å². The van der Waals surface area contributed by atoms with Crippen LogP contribution < -0.4 is 10.6 Å². The number of aromatic nitrogens is 2. The van der Waals surface area contributed by atoms with Gasteiger partial charge in [0.25, 0.3) is 0 Å².